The van der Waals surface area contributed by atoms with Gasteiger partial charge in [-0.15, -0.1) is 6.58 Å². The van der Waals surface area contributed by atoms with Crippen molar-refractivity contribution in [1.82, 2.24) is 0 Å². The first-order valence-electron chi connectivity index (χ1n) is 4.48. The Morgan fingerprint density at radius 1 is 1.33 bits per heavy atom. The second kappa shape index (κ2) is 2.33. The van der Waals surface area contributed by atoms with Gasteiger partial charge in [-0.3, -0.25) is 0 Å². The monoisotopic (exact) mass is 168 g/mol. The molecule has 2 aliphatic rings. The molecule has 1 saturated heterocycles. The van der Waals surface area contributed by atoms with E-state index in [1.807, 2.05) is 6.08 Å². The zero-order valence-corrected chi connectivity index (χ0v) is 7.80. The fourth-order valence-electron chi connectivity index (χ4n) is 1.56. The third-order valence-electron chi connectivity index (χ3n) is 2.61. The third kappa shape index (κ3) is 1.19. The van der Waals surface area contributed by atoms with Gasteiger partial charge in [0.1, 0.15) is 0 Å². The molecule has 1 spiro atoms. The molecule has 2 fully saturated rings. The molecule has 0 aromatic carbocycles. The maximum Gasteiger partial charge on any atom is 0.175 e. The Morgan fingerprint density at radius 2 is 1.92 bits per heavy atom. The van der Waals surface area contributed by atoms with Gasteiger partial charge in [-0.25, -0.2) is 0 Å². The van der Waals surface area contributed by atoms with Crippen LogP contribution < -0.4 is 0 Å². The zero-order chi connectivity index (χ0) is 8.82. The molecule has 0 N–H and O–H groups in total. The number of ether oxygens (including phenoxy) is 2. The Hall–Kier alpha value is -0.340. The Labute approximate surface area is 73.5 Å². The Kier molecular flexibility index (Phi) is 1.61. The second-order valence-electron chi connectivity index (χ2n) is 4.60. The van der Waals surface area contributed by atoms with Gasteiger partial charge in [-0.05, 0) is 0 Å². The van der Waals surface area contributed by atoms with Gasteiger partial charge in [0, 0.05) is 17.8 Å². The molecule has 2 nitrogen and oxygen atoms in total. The van der Waals surface area contributed by atoms with E-state index in [0.717, 1.165) is 19.6 Å². The summed E-state index contributed by atoms with van der Waals surface area (Å²) < 4.78 is 11.4. The lowest BCUT2D eigenvalue weighted by atomic mass is 9.95. The summed E-state index contributed by atoms with van der Waals surface area (Å²) in [4.78, 5) is 0. The molecular weight excluding hydrogens is 152 g/mol. The van der Waals surface area contributed by atoms with Crippen molar-refractivity contribution in [3.05, 3.63) is 12.7 Å². The van der Waals surface area contributed by atoms with Crippen LogP contribution in [-0.4, -0.2) is 19.0 Å². The van der Waals surface area contributed by atoms with Crippen LogP contribution in [0.2, 0.25) is 0 Å². The maximum atomic E-state index is 5.70. The number of hydrogen-bond acceptors (Lipinski definition) is 2. The molecule has 2 rings (SSSR count). The summed E-state index contributed by atoms with van der Waals surface area (Å²) in [7, 11) is 0. The Morgan fingerprint density at radius 3 is 2.33 bits per heavy atom. The van der Waals surface area contributed by atoms with E-state index in [9.17, 15) is 0 Å². The van der Waals surface area contributed by atoms with E-state index >= 15 is 0 Å². The van der Waals surface area contributed by atoms with Crippen LogP contribution in [0.25, 0.3) is 0 Å². The minimum absolute atomic E-state index is 0.180. The zero-order valence-electron chi connectivity index (χ0n) is 7.80. The molecule has 0 aromatic rings. The summed E-state index contributed by atoms with van der Waals surface area (Å²) in [5.74, 6) is 0.158. The quantitative estimate of drug-likeness (QED) is 0.557. The van der Waals surface area contributed by atoms with E-state index < -0.39 is 0 Å². The van der Waals surface area contributed by atoms with Crippen molar-refractivity contribution in [2.75, 3.05) is 13.2 Å². The molecule has 2 heteroatoms. The number of rotatable bonds is 1. The van der Waals surface area contributed by atoms with Crippen molar-refractivity contribution >= 4 is 0 Å². The van der Waals surface area contributed by atoms with Crippen molar-refractivity contribution in [3.63, 3.8) is 0 Å². The highest BCUT2D eigenvalue weighted by atomic mass is 16.7. The van der Waals surface area contributed by atoms with E-state index in [0.29, 0.717) is 5.92 Å². The van der Waals surface area contributed by atoms with E-state index in [1.165, 1.54) is 0 Å². The van der Waals surface area contributed by atoms with Gasteiger partial charge >= 0.3 is 0 Å². The van der Waals surface area contributed by atoms with E-state index in [1.54, 1.807) is 0 Å². The van der Waals surface area contributed by atoms with Gasteiger partial charge in [-0.1, -0.05) is 19.9 Å². The molecule has 0 bridgehead atoms. The summed E-state index contributed by atoms with van der Waals surface area (Å²) in [6.45, 7) is 9.67. The van der Waals surface area contributed by atoms with Gasteiger partial charge in [0.2, 0.25) is 0 Å². The van der Waals surface area contributed by atoms with Gasteiger partial charge in [-0.2, -0.15) is 0 Å². The number of hydrogen-bond donors (Lipinski definition) is 0. The molecule has 1 aliphatic carbocycles. The molecule has 12 heavy (non-hydrogen) atoms. The Balaban J connectivity index is 1.96. The topological polar surface area (TPSA) is 18.5 Å². The lowest BCUT2D eigenvalue weighted by Gasteiger charge is -2.35. The van der Waals surface area contributed by atoms with E-state index in [-0.39, 0.29) is 11.2 Å². The minimum Gasteiger partial charge on any atom is -0.349 e. The second-order valence-corrected chi connectivity index (χ2v) is 4.60. The Bertz CT molecular complexity index is 198. The fourth-order valence-corrected chi connectivity index (χ4v) is 1.56. The highest BCUT2D eigenvalue weighted by Gasteiger charge is 2.58. The van der Waals surface area contributed by atoms with Crippen molar-refractivity contribution in [3.8, 4) is 0 Å². The predicted octanol–water partition coefficient (Wildman–Crippen LogP) is 1.96. The van der Waals surface area contributed by atoms with Crippen molar-refractivity contribution in [2.45, 2.75) is 26.1 Å². The summed E-state index contributed by atoms with van der Waals surface area (Å²) in [6.07, 6.45) is 2.92. The van der Waals surface area contributed by atoms with Crippen LogP contribution in [0.5, 0.6) is 0 Å². The SMILES string of the molecule is C=C[C@H]1CC12OCC(C)(C)CO2. The standard InChI is InChI=1S/C10H16O2/c1-4-8-5-10(8)11-6-9(2,3)7-12-10/h4,8H,1,5-7H2,2-3H3/t8-/m0/s1. The summed E-state index contributed by atoms with van der Waals surface area (Å²) >= 11 is 0. The van der Waals surface area contributed by atoms with Crippen LogP contribution in [-0.2, 0) is 9.47 Å². The molecule has 0 radical (unpaired) electrons. The molecule has 1 saturated carbocycles. The van der Waals surface area contributed by atoms with Crippen molar-refractivity contribution < 1.29 is 9.47 Å². The molecule has 68 valence electrons. The highest BCUT2D eigenvalue weighted by Crippen LogP contribution is 2.52. The maximum absolute atomic E-state index is 5.70. The lowest BCUT2D eigenvalue weighted by Crippen LogP contribution is -2.40. The van der Waals surface area contributed by atoms with Crippen molar-refractivity contribution in [1.29, 1.82) is 0 Å². The molecule has 0 amide bonds. The summed E-state index contributed by atoms with van der Waals surface area (Å²) in [6, 6.07) is 0. The van der Waals surface area contributed by atoms with Crippen LogP contribution >= 0.6 is 0 Å². The first-order chi connectivity index (χ1) is 5.58. The van der Waals surface area contributed by atoms with Gasteiger partial charge in [0.05, 0.1) is 13.2 Å². The fraction of sp³-hybridized carbons (Fsp3) is 0.800. The molecule has 0 unspecified atom stereocenters. The smallest absolute Gasteiger partial charge is 0.175 e. The van der Waals surface area contributed by atoms with Crippen LogP contribution in [0.15, 0.2) is 12.7 Å². The lowest BCUT2D eigenvalue weighted by molar-refractivity contribution is -0.247. The van der Waals surface area contributed by atoms with E-state index in [2.05, 4.69) is 20.4 Å². The highest BCUT2D eigenvalue weighted by molar-refractivity contribution is 5.08. The van der Waals surface area contributed by atoms with E-state index in [4.69, 9.17) is 9.47 Å². The molecule has 1 aliphatic heterocycles. The molecule has 1 heterocycles. The predicted molar refractivity (Wildman–Crippen MR) is 46.7 cm³/mol. The first kappa shape index (κ1) is 8.27. The summed E-state index contributed by atoms with van der Waals surface area (Å²) in [5, 5.41) is 0. The third-order valence-corrected chi connectivity index (χ3v) is 2.61. The normalized spacial score (nSPS) is 36.3. The van der Waals surface area contributed by atoms with Crippen LogP contribution in [0, 0.1) is 11.3 Å². The molecular formula is C10H16O2. The van der Waals surface area contributed by atoms with Gasteiger partial charge in [0.15, 0.2) is 5.79 Å². The molecule has 1 atom stereocenters. The van der Waals surface area contributed by atoms with Crippen molar-refractivity contribution in [2.24, 2.45) is 11.3 Å². The average molecular weight is 168 g/mol. The van der Waals surface area contributed by atoms with Crippen LogP contribution in [0.4, 0.5) is 0 Å². The van der Waals surface area contributed by atoms with Crippen LogP contribution in [0.3, 0.4) is 0 Å². The summed E-state index contributed by atoms with van der Waals surface area (Å²) in [5.41, 5.74) is 0.180. The minimum atomic E-state index is -0.267. The largest absolute Gasteiger partial charge is 0.349 e. The average Bonchev–Trinajstić information content (AvgIpc) is 2.72. The van der Waals surface area contributed by atoms with Gasteiger partial charge in [0.25, 0.3) is 0 Å². The van der Waals surface area contributed by atoms with Crippen LogP contribution in [0.1, 0.15) is 20.3 Å². The first-order valence-corrected chi connectivity index (χ1v) is 4.48. The van der Waals surface area contributed by atoms with Gasteiger partial charge < -0.3 is 9.47 Å². The molecule has 0 aromatic heterocycles.